The van der Waals surface area contributed by atoms with Gasteiger partial charge in [0.1, 0.15) is 12.2 Å². The van der Waals surface area contributed by atoms with Gasteiger partial charge in [0.25, 0.3) is 0 Å². The van der Waals surface area contributed by atoms with Gasteiger partial charge in [-0.1, -0.05) is 78.8 Å². The van der Waals surface area contributed by atoms with Gasteiger partial charge in [0.2, 0.25) is 0 Å². The molecule has 0 amide bonds. The molecular formula is C44H80O10Si. The van der Waals surface area contributed by atoms with Gasteiger partial charge < -0.3 is 42.7 Å². The van der Waals surface area contributed by atoms with Crippen LogP contribution in [0.2, 0.25) is 17.6 Å². The molecule has 10 nitrogen and oxygen atoms in total. The van der Waals surface area contributed by atoms with Crippen molar-refractivity contribution in [1.29, 1.82) is 0 Å². The van der Waals surface area contributed by atoms with Crippen molar-refractivity contribution in [3.05, 3.63) is 36.0 Å². The van der Waals surface area contributed by atoms with Crippen LogP contribution in [0.4, 0.5) is 0 Å². The second kappa shape index (κ2) is 23.2. The van der Waals surface area contributed by atoms with E-state index < -0.39 is 44.3 Å². The van der Waals surface area contributed by atoms with E-state index in [-0.39, 0.29) is 48.6 Å². The fourth-order valence-electron chi connectivity index (χ4n) is 8.30. The van der Waals surface area contributed by atoms with Crippen LogP contribution >= 0.6 is 0 Å². The van der Waals surface area contributed by atoms with E-state index in [0.717, 1.165) is 24.1 Å². The van der Waals surface area contributed by atoms with E-state index in [4.69, 9.17) is 37.6 Å². The second-order valence-electron chi connectivity index (χ2n) is 16.6. The van der Waals surface area contributed by atoms with Gasteiger partial charge in [-0.05, 0) is 90.9 Å². The zero-order chi connectivity index (χ0) is 41.6. The molecule has 0 aromatic heterocycles. The highest BCUT2D eigenvalue weighted by atomic mass is 28.4. The van der Waals surface area contributed by atoms with Crippen LogP contribution in [0, 0.1) is 11.8 Å². The lowest BCUT2D eigenvalue weighted by Crippen LogP contribution is -2.47. The lowest BCUT2D eigenvalue weighted by atomic mass is 9.88. The number of carbonyl (C=O) groups excluding carboxylic acids is 1. The first-order chi connectivity index (χ1) is 25.9. The molecule has 11 heteroatoms. The number of aliphatic hydroxyl groups excluding tert-OH is 1. The van der Waals surface area contributed by atoms with Crippen LogP contribution < -0.4 is 0 Å². The summed E-state index contributed by atoms with van der Waals surface area (Å²) in [6.45, 7) is 29.8. The molecule has 2 aliphatic rings. The van der Waals surface area contributed by atoms with Crippen LogP contribution in [0.25, 0.3) is 0 Å². The van der Waals surface area contributed by atoms with Crippen molar-refractivity contribution < 1.29 is 47.5 Å². The zero-order valence-corrected chi connectivity index (χ0v) is 38.2. The highest BCUT2D eigenvalue weighted by molar-refractivity contribution is 6.75. The van der Waals surface area contributed by atoms with Gasteiger partial charge in [0, 0.05) is 38.6 Å². The number of carbonyl (C=O) groups is 1. The maximum atomic E-state index is 13.9. The molecule has 0 aliphatic carbocycles. The van der Waals surface area contributed by atoms with Crippen LogP contribution in [0.5, 0.6) is 0 Å². The van der Waals surface area contributed by atoms with Crippen molar-refractivity contribution in [2.24, 2.45) is 11.8 Å². The number of esters is 1. The molecular weight excluding hydrogens is 717 g/mol. The van der Waals surface area contributed by atoms with Gasteiger partial charge in [-0.15, -0.1) is 0 Å². The minimum atomic E-state index is -2.18. The van der Waals surface area contributed by atoms with Gasteiger partial charge in [0.15, 0.2) is 20.9 Å². The van der Waals surface area contributed by atoms with Crippen molar-refractivity contribution >= 4 is 14.3 Å². The summed E-state index contributed by atoms with van der Waals surface area (Å²) in [5.41, 5.74) is -0.407. The highest BCUT2D eigenvalue weighted by Gasteiger charge is 2.49. The summed E-state index contributed by atoms with van der Waals surface area (Å²) in [4.78, 5) is 13.9. The number of epoxide rings is 1. The molecule has 1 fully saturated rings. The van der Waals surface area contributed by atoms with Crippen molar-refractivity contribution in [2.75, 3.05) is 20.3 Å². The van der Waals surface area contributed by atoms with E-state index in [1.807, 2.05) is 72.8 Å². The van der Waals surface area contributed by atoms with E-state index in [1.54, 1.807) is 13.2 Å². The van der Waals surface area contributed by atoms with E-state index in [2.05, 4.69) is 48.5 Å². The van der Waals surface area contributed by atoms with E-state index in [9.17, 15) is 9.90 Å². The number of ether oxygens (including phenoxy) is 7. The third-order valence-electron chi connectivity index (χ3n) is 11.9. The summed E-state index contributed by atoms with van der Waals surface area (Å²) in [7, 11) is -0.417. The molecule has 0 bridgehead atoms. The SMILES string of the molecule is CCOC(C)OC(C)(/C=C/C=C(\C)C1OC(=O)CC(O[Si](CC)(CC)C(C)C)CCC(C)(OC(C)OCC)C(O)/C=C/C1C)CC1OC1C(C)C(CC)OC. The molecule has 2 heterocycles. The first-order valence-corrected chi connectivity index (χ1v) is 23.6. The predicted octanol–water partition coefficient (Wildman–Crippen LogP) is 9.45. The Hall–Kier alpha value is -1.41. The minimum Gasteiger partial charge on any atom is -0.457 e. The molecule has 1 N–H and O–H groups in total. The van der Waals surface area contributed by atoms with Crippen molar-refractivity contribution in [2.45, 2.75) is 207 Å². The summed E-state index contributed by atoms with van der Waals surface area (Å²) in [5.74, 6) is -0.288. The summed E-state index contributed by atoms with van der Waals surface area (Å²) in [6.07, 6.45) is 9.87. The average Bonchev–Trinajstić information content (AvgIpc) is 3.88. The molecule has 1 saturated heterocycles. The third kappa shape index (κ3) is 15.0. The van der Waals surface area contributed by atoms with Crippen LogP contribution in [-0.4, -0.2) is 100 Å². The van der Waals surface area contributed by atoms with Gasteiger partial charge in [-0.2, -0.15) is 0 Å². The second-order valence-corrected chi connectivity index (χ2v) is 21.5. The molecule has 0 aromatic rings. The van der Waals surface area contributed by atoms with E-state index >= 15 is 0 Å². The van der Waals surface area contributed by atoms with Gasteiger partial charge in [-0.3, -0.25) is 4.79 Å². The normalized spacial score (nSPS) is 31.2. The van der Waals surface area contributed by atoms with Gasteiger partial charge >= 0.3 is 5.97 Å². The molecule has 0 radical (unpaired) electrons. The highest BCUT2D eigenvalue weighted by Crippen LogP contribution is 2.40. The quantitative estimate of drug-likeness (QED) is 0.0284. The Morgan fingerprint density at radius 1 is 1.05 bits per heavy atom. The first kappa shape index (κ1) is 49.7. The van der Waals surface area contributed by atoms with Crippen molar-refractivity contribution in [1.82, 2.24) is 0 Å². The molecule has 0 aromatic carbocycles. The number of rotatable bonds is 22. The Morgan fingerprint density at radius 2 is 1.69 bits per heavy atom. The predicted molar refractivity (Wildman–Crippen MR) is 222 cm³/mol. The monoisotopic (exact) mass is 797 g/mol. The van der Waals surface area contributed by atoms with Crippen molar-refractivity contribution in [3.63, 3.8) is 0 Å². The van der Waals surface area contributed by atoms with E-state index in [1.165, 1.54) is 0 Å². The first-order valence-electron chi connectivity index (χ1n) is 21.2. The van der Waals surface area contributed by atoms with Crippen LogP contribution in [0.1, 0.15) is 129 Å². The number of methoxy groups -OCH3 is 1. The summed E-state index contributed by atoms with van der Waals surface area (Å²) in [5, 5.41) is 11.7. The Balaban J connectivity index is 2.48. The molecule has 12 unspecified atom stereocenters. The summed E-state index contributed by atoms with van der Waals surface area (Å²) < 4.78 is 49.7. The smallest absolute Gasteiger partial charge is 0.308 e. The lowest BCUT2D eigenvalue weighted by molar-refractivity contribution is -0.221. The molecule has 2 rings (SSSR count). The Labute approximate surface area is 336 Å². The molecule has 12 atom stereocenters. The summed E-state index contributed by atoms with van der Waals surface area (Å²) in [6, 6.07) is 1.90. The van der Waals surface area contributed by atoms with Crippen LogP contribution in [0.15, 0.2) is 36.0 Å². The minimum absolute atomic E-state index is 0.0378. The molecule has 0 saturated carbocycles. The maximum absolute atomic E-state index is 13.9. The topological polar surface area (TPSA) is 114 Å². The van der Waals surface area contributed by atoms with Crippen LogP contribution in [-0.2, 0) is 42.4 Å². The number of hydrogen-bond acceptors (Lipinski definition) is 10. The maximum Gasteiger partial charge on any atom is 0.308 e. The average molecular weight is 797 g/mol. The molecule has 2 aliphatic heterocycles. The molecule has 0 spiro atoms. The lowest BCUT2D eigenvalue weighted by Gasteiger charge is -2.40. The number of cyclic esters (lactones) is 1. The van der Waals surface area contributed by atoms with Crippen LogP contribution in [0.3, 0.4) is 0 Å². The largest absolute Gasteiger partial charge is 0.457 e. The zero-order valence-electron chi connectivity index (χ0n) is 37.2. The third-order valence-corrected chi connectivity index (χ3v) is 17.2. The summed E-state index contributed by atoms with van der Waals surface area (Å²) >= 11 is 0. The Kier molecular flexibility index (Phi) is 21.0. The fraction of sp³-hybridized carbons (Fsp3) is 0.841. The molecule has 55 heavy (non-hydrogen) atoms. The van der Waals surface area contributed by atoms with E-state index in [0.29, 0.717) is 38.0 Å². The number of aliphatic hydroxyl groups is 1. The number of allylic oxidation sites excluding steroid dienone is 2. The Morgan fingerprint density at radius 3 is 2.25 bits per heavy atom. The van der Waals surface area contributed by atoms with Gasteiger partial charge in [-0.25, -0.2) is 0 Å². The molecule has 320 valence electrons. The fourth-order valence-corrected chi connectivity index (χ4v) is 11.9. The Bertz CT molecular complexity index is 1210. The van der Waals surface area contributed by atoms with Gasteiger partial charge in [0.05, 0.1) is 42.0 Å². The number of hydrogen-bond donors (Lipinski definition) is 1. The van der Waals surface area contributed by atoms with Crippen molar-refractivity contribution in [3.8, 4) is 0 Å². The standard InChI is InChI=1S/C44H80O10Si/c1-16-37(47-15)33(10)42-38(50-42)29-43(13,52-34(11)48-17-2)26-21-22-31(8)41-32(9)23-24-39(45)44(14,53-35(12)49-18-3)27-25-36(28-40(46)51-41)54-55(19-4,20-5)30(6)7/h21-24,26,30,32-39,41-42,45H,16-20,25,27-29H2,1-15H3/b24-23+,26-21+,31-22+.